The SMILES string of the molecule is CCCN(CCC)S(I)(I)I. The van der Waals surface area contributed by atoms with Gasteiger partial charge in [-0.2, -0.15) is 0 Å². The molecule has 0 saturated heterocycles. The third-order valence-electron chi connectivity index (χ3n) is 1.24. The Labute approximate surface area is 108 Å². The molecule has 0 unspecified atom stereocenters. The fraction of sp³-hybridized carbons (Fsp3) is 1.00. The first kappa shape index (κ1) is 13.5. The molecule has 0 atom stereocenters. The van der Waals surface area contributed by atoms with E-state index in [1.807, 2.05) is 0 Å². The highest BCUT2D eigenvalue weighted by Crippen LogP contribution is 2.73. The predicted molar refractivity (Wildman–Crippen MR) is 81.8 cm³/mol. The van der Waals surface area contributed by atoms with Crippen molar-refractivity contribution in [3.8, 4) is 0 Å². The van der Waals surface area contributed by atoms with Crippen molar-refractivity contribution >= 4 is 65.3 Å². The Morgan fingerprint density at radius 1 is 1.00 bits per heavy atom. The van der Waals surface area contributed by atoms with Crippen molar-refractivity contribution in [1.29, 1.82) is 0 Å². The van der Waals surface area contributed by atoms with Gasteiger partial charge in [-0.05, 0) is 14.6 Å². The van der Waals surface area contributed by atoms with Crippen molar-refractivity contribution in [3.63, 3.8) is 0 Å². The molecule has 0 aromatic heterocycles. The Morgan fingerprint density at radius 2 is 1.36 bits per heavy atom. The van der Waals surface area contributed by atoms with Gasteiger partial charge in [0.05, 0.1) is 0 Å². The van der Waals surface area contributed by atoms with Crippen LogP contribution in [-0.4, -0.2) is 17.4 Å². The summed E-state index contributed by atoms with van der Waals surface area (Å²) in [6, 6.07) is 0. The average molecular weight is 513 g/mol. The largest absolute Gasteiger partial charge is 0.244 e. The zero-order valence-corrected chi connectivity index (χ0v) is 14.1. The average Bonchev–Trinajstić information content (AvgIpc) is 1.85. The molecule has 0 radical (unpaired) electrons. The van der Waals surface area contributed by atoms with E-state index in [-0.39, 0.29) is 0 Å². The monoisotopic (exact) mass is 513 g/mol. The molecule has 0 rings (SSSR count). The van der Waals surface area contributed by atoms with E-state index < -0.39 is 1.73 Å². The fourth-order valence-corrected chi connectivity index (χ4v) is 5.14. The van der Waals surface area contributed by atoms with E-state index in [9.17, 15) is 0 Å². The van der Waals surface area contributed by atoms with E-state index in [2.05, 4.69) is 81.8 Å². The molecule has 0 spiro atoms. The van der Waals surface area contributed by atoms with Gasteiger partial charge < -0.3 is 0 Å². The van der Waals surface area contributed by atoms with E-state index in [4.69, 9.17) is 0 Å². The van der Waals surface area contributed by atoms with Gasteiger partial charge in [-0.15, -0.1) is 0 Å². The first-order chi connectivity index (χ1) is 5.02. The summed E-state index contributed by atoms with van der Waals surface area (Å²) in [5, 5.41) is 0. The zero-order valence-electron chi connectivity index (χ0n) is 6.82. The van der Waals surface area contributed by atoms with Crippen molar-refractivity contribution < 1.29 is 0 Å². The molecule has 1 nitrogen and oxygen atoms in total. The molecule has 5 heteroatoms. The predicted octanol–water partition coefficient (Wildman–Crippen LogP) is 4.88. The lowest BCUT2D eigenvalue weighted by Crippen LogP contribution is -2.20. The van der Waals surface area contributed by atoms with E-state index in [1.54, 1.807) is 0 Å². The smallest absolute Gasteiger partial charge is 0.0111 e. The Balaban J connectivity index is 3.88. The third-order valence-corrected chi connectivity index (χ3v) is 7.20. The van der Waals surface area contributed by atoms with Crippen LogP contribution >= 0.6 is 65.3 Å². The van der Waals surface area contributed by atoms with Crippen LogP contribution in [0.2, 0.25) is 0 Å². The molecule has 0 amide bonds. The van der Waals surface area contributed by atoms with Gasteiger partial charge in [0.1, 0.15) is 0 Å². The summed E-state index contributed by atoms with van der Waals surface area (Å²) >= 11 is 7.70. The van der Waals surface area contributed by atoms with Crippen LogP contribution in [0.1, 0.15) is 26.7 Å². The van der Waals surface area contributed by atoms with Gasteiger partial charge in [0, 0.05) is 76.7 Å². The molecule has 0 heterocycles. The Hall–Kier alpha value is 2.50. The highest BCUT2D eigenvalue weighted by Gasteiger charge is 2.19. The lowest BCUT2D eigenvalue weighted by atomic mass is 10.4. The van der Waals surface area contributed by atoms with E-state index >= 15 is 0 Å². The lowest BCUT2D eigenvalue weighted by molar-refractivity contribution is 0.471. The van der Waals surface area contributed by atoms with Crippen LogP contribution in [0.15, 0.2) is 0 Å². The Morgan fingerprint density at radius 3 is 1.55 bits per heavy atom. The highest BCUT2D eigenvalue weighted by molar-refractivity contribution is 14.5. The van der Waals surface area contributed by atoms with Crippen LogP contribution in [0.3, 0.4) is 0 Å². The van der Waals surface area contributed by atoms with E-state index in [1.165, 1.54) is 25.9 Å². The maximum absolute atomic E-state index is 2.59. The van der Waals surface area contributed by atoms with Gasteiger partial charge in [-0.1, -0.05) is 13.8 Å². The molecule has 0 fully saturated rings. The number of hydrogen-bond acceptors (Lipinski definition) is 1. The molecule has 0 aliphatic rings. The lowest BCUT2D eigenvalue weighted by Gasteiger charge is -2.33. The van der Waals surface area contributed by atoms with Crippen LogP contribution < -0.4 is 0 Å². The van der Waals surface area contributed by atoms with Crippen molar-refractivity contribution in [2.24, 2.45) is 0 Å². The molecule has 0 bridgehead atoms. The Kier molecular flexibility index (Phi) is 8.44. The number of rotatable bonds is 5. The van der Waals surface area contributed by atoms with Crippen LogP contribution in [0.25, 0.3) is 0 Å². The van der Waals surface area contributed by atoms with Gasteiger partial charge in [0.15, 0.2) is 0 Å². The van der Waals surface area contributed by atoms with Crippen LogP contribution in [0.4, 0.5) is 0 Å². The first-order valence-corrected chi connectivity index (χ1v) is 12.9. The number of hydrogen-bond donors (Lipinski definition) is 0. The van der Waals surface area contributed by atoms with E-state index in [0.717, 1.165) is 0 Å². The molecule has 0 aromatic rings. The second kappa shape index (κ2) is 6.88. The van der Waals surface area contributed by atoms with Crippen LogP contribution in [0.5, 0.6) is 0 Å². The molecular weight excluding hydrogens is 499 g/mol. The molecular formula is C6H14I3NS. The second-order valence-corrected chi connectivity index (χ2v) is 30.2. The molecule has 70 valence electrons. The minimum atomic E-state index is -0.546. The standard InChI is InChI=1S/C6H14I3NS/c1-3-5-10(6-4-2)11(7,8)9/h3-6H2,1-2H3. The molecule has 0 aromatic carbocycles. The zero-order chi connectivity index (χ0) is 8.91. The summed E-state index contributed by atoms with van der Waals surface area (Å²) in [5.74, 6) is 0. The van der Waals surface area contributed by atoms with Gasteiger partial charge in [0.2, 0.25) is 0 Å². The van der Waals surface area contributed by atoms with Gasteiger partial charge in [-0.25, -0.2) is 4.31 Å². The van der Waals surface area contributed by atoms with Gasteiger partial charge in [0.25, 0.3) is 0 Å². The maximum atomic E-state index is 2.59. The van der Waals surface area contributed by atoms with Crippen molar-refractivity contribution in [3.05, 3.63) is 0 Å². The molecule has 0 aliphatic heterocycles. The second-order valence-electron chi connectivity index (χ2n) is 2.31. The van der Waals surface area contributed by atoms with Crippen LogP contribution in [0, 0.1) is 0 Å². The van der Waals surface area contributed by atoms with Gasteiger partial charge in [-0.3, -0.25) is 0 Å². The summed E-state index contributed by atoms with van der Waals surface area (Å²) in [7, 11) is 0. The Bertz CT molecular complexity index is 98.5. The van der Waals surface area contributed by atoms with Crippen molar-refractivity contribution in [2.75, 3.05) is 13.1 Å². The number of nitrogens with zero attached hydrogens (tertiary/aromatic N) is 1. The summed E-state index contributed by atoms with van der Waals surface area (Å²) in [5.41, 5.74) is 0. The minimum absolute atomic E-state index is 0.546. The third kappa shape index (κ3) is 6.55. The first-order valence-electron chi connectivity index (χ1n) is 3.69. The molecule has 0 N–H and O–H groups in total. The van der Waals surface area contributed by atoms with E-state index in [0.29, 0.717) is 0 Å². The normalized spacial score (nSPS) is 14.0. The quantitative estimate of drug-likeness (QED) is 0.475. The van der Waals surface area contributed by atoms with Gasteiger partial charge >= 0.3 is 0 Å². The highest BCUT2D eigenvalue weighted by atomic mass is 127. The number of halogens is 3. The minimum Gasteiger partial charge on any atom is -0.244 e. The van der Waals surface area contributed by atoms with Crippen molar-refractivity contribution in [2.45, 2.75) is 26.7 Å². The van der Waals surface area contributed by atoms with Crippen molar-refractivity contribution in [1.82, 2.24) is 4.31 Å². The summed E-state index contributed by atoms with van der Waals surface area (Å²) in [4.78, 5) is 0. The summed E-state index contributed by atoms with van der Waals surface area (Å²) in [6.07, 6.45) is 2.54. The maximum Gasteiger partial charge on any atom is 0.0111 e. The summed E-state index contributed by atoms with van der Waals surface area (Å²) < 4.78 is 2.05. The summed E-state index contributed by atoms with van der Waals surface area (Å²) in [6.45, 7) is 6.99. The fourth-order valence-electron chi connectivity index (χ4n) is 0.818. The molecule has 11 heavy (non-hydrogen) atoms. The molecule has 0 aliphatic carbocycles. The topological polar surface area (TPSA) is 3.24 Å². The van der Waals surface area contributed by atoms with Crippen LogP contribution in [-0.2, 0) is 0 Å². The molecule has 0 saturated carbocycles.